The molecule has 2 aromatic rings. The summed E-state index contributed by atoms with van der Waals surface area (Å²) in [6, 6.07) is 2.12. The number of hydrogen-bond donors (Lipinski definition) is 1. The van der Waals surface area contributed by atoms with E-state index in [0.717, 1.165) is 23.5 Å². The number of nitrogens with one attached hydrogen (secondary N) is 1. The fraction of sp³-hybridized carbons (Fsp3) is 0.526. The summed E-state index contributed by atoms with van der Waals surface area (Å²) in [5.74, 6) is 0.510. The molecule has 1 aliphatic carbocycles. The van der Waals surface area contributed by atoms with Gasteiger partial charge in [-0.1, -0.05) is 12.8 Å². The normalized spacial score (nSPS) is 20.4. The van der Waals surface area contributed by atoms with Gasteiger partial charge in [-0.15, -0.1) is 11.3 Å². The van der Waals surface area contributed by atoms with Crippen LogP contribution in [0.25, 0.3) is 10.8 Å². The quantitative estimate of drug-likeness (QED) is 0.822. The van der Waals surface area contributed by atoms with Crippen LogP contribution in [0, 0.1) is 5.92 Å². The third-order valence-corrected chi connectivity index (χ3v) is 6.17. The number of aromatic nitrogens is 3. The van der Waals surface area contributed by atoms with Gasteiger partial charge >= 0.3 is 0 Å². The van der Waals surface area contributed by atoms with Gasteiger partial charge in [0, 0.05) is 49.7 Å². The van der Waals surface area contributed by atoms with Crippen molar-refractivity contribution in [2.24, 2.45) is 5.92 Å². The third kappa shape index (κ3) is 4.16. The molecule has 2 aliphatic rings. The Kier molecular flexibility index (Phi) is 5.42. The lowest BCUT2D eigenvalue weighted by Crippen LogP contribution is -2.37. The van der Waals surface area contributed by atoms with Crippen LogP contribution in [0.1, 0.15) is 37.8 Å². The number of hydrogen-bond acceptors (Lipinski definition) is 6. The Hall–Kier alpha value is -2.35. The first-order valence-corrected chi connectivity index (χ1v) is 10.4. The number of carbonyl (C=O) groups is 2. The standard InChI is InChI=1S/C19H23N5O2S/c25-16-10-13(11-24(16)15-4-1-2-5-15)18(26)22-9-6-14-12-27-19(23-14)17-20-7-3-8-21-17/h3,7-8,12-13,15H,1-2,4-6,9-11H2,(H,22,26)/t13-/m1/s1. The van der Waals surface area contributed by atoms with Crippen LogP contribution in [0.3, 0.4) is 0 Å². The molecule has 1 aliphatic heterocycles. The van der Waals surface area contributed by atoms with Crippen molar-refractivity contribution >= 4 is 23.2 Å². The molecule has 8 heteroatoms. The zero-order chi connectivity index (χ0) is 18.6. The fourth-order valence-electron chi connectivity index (χ4n) is 3.87. The zero-order valence-electron chi connectivity index (χ0n) is 15.1. The van der Waals surface area contributed by atoms with Crippen molar-refractivity contribution in [3.63, 3.8) is 0 Å². The van der Waals surface area contributed by atoms with E-state index in [9.17, 15) is 9.59 Å². The van der Waals surface area contributed by atoms with E-state index in [4.69, 9.17) is 0 Å². The van der Waals surface area contributed by atoms with Crippen molar-refractivity contribution < 1.29 is 9.59 Å². The van der Waals surface area contributed by atoms with Gasteiger partial charge in [-0.25, -0.2) is 15.0 Å². The maximum Gasteiger partial charge on any atom is 0.225 e. The van der Waals surface area contributed by atoms with Gasteiger partial charge in [-0.2, -0.15) is 0 Å². The van der Waals surface area contributed by atoms with E-state index in [2.05, 4.69) is 20.3 Å². The Morgan fingerprint density at radius 3 is 2.81 bits per heavy atom. The summed E-state index contributed by atoms with van der Waals surface area (Å²) in [5.41, 5.74) is 0.915. The van der Waals surface area contributed by atoms with Gasteiger partial charge in [0.15, 0.2) is 10.8 Å². The minimum absolute atomic E-state index is 0.0225. The highest BCUT2D eigenvalue weighted by atomic mass is 32.1. The molecule has 27 heavy (non-hydrogen) atoms. The molecular weight excluding hydrogens is 362 g/mol. The van der Waals surface area contributed by atoms with Crippen molar-refractivity contribution in [1.82, 2.24) is 25.2 Å². The molecule has 0 unspecified atom stereocenters. The minimum atomic E-state index is -0.221. The smallest absolute Gasteiger partial charge is 0.225 e. The molecule has 7 nitrogen and oxygen atoms in total. The molecule has 3 heterocycles. The topological polar surface area (TPSA) is 88.1 Å². The van der Waals surface area contributed by atoms with Crippen molar-refractivity contribution in [1.29, 1.82) is 0 Å². The molecule has 0 aromatic carbocycles. The molecule has 4 rings (SSSR count). The largest absolute Gasteiger partial charge is 0.355 e. The maximum atomic E-state index is 12.4. The lowest BCUT2D eigenvalue weighted by Gasteiger charge is -2.23. The summed E-state index contributed by atoms with van der Waals surface area (Å²) in [5, 5.41) is 5.72. The van der Waals surface area contributed by atoms with Crippen LogP contribution in [0.15, 0.2) is 23.8 Å². The lowest BCUT2D eigenvalue weighted by atomic mass is 10.1. The van der Waals surface area contributed by atoms with Crippen LogP contribution in [0.4, 0.5) is 0 Å². The van der Waals surface area contributed by atoms with Crippen LogP contribution in [0.5, 0.6) is 0 Å². The van der Waals surface area contributed by atoms with E-state index in [0.29, 0.717) is 37.8 Å². The lowest BCUT2D eigenvalue weighted by molar-refractivity contribution is -0.130. The Morgan fingerprint density at radius 2 is 2.04 bits per heavy atom. The molecular formula is C19H23N5O2S. The summed E-state index contributed by atoms with van der Waals surface area (Å²) < 4.78 is 0. The van der Waals surface area contributed by atoms with Crippen LogP contribution in [-0.4, -0.2) is 50.8 Å². The highest BCUT2D eigenvalue weighted by Gasteiger charge is 2.38. The Morgan fingerprint density at radius 1 is 1.26 bits per heavy atom. The molecule has 142 valence electrons. The molecule has 1 N–H and O–H groups in total. The molecule has 2 fully saturated rings. The van der Waals surface area contributed by atoms with Gasteiger partial charge in [-0.05, 0) is 18.9 Å². The van der Waals surface area contributed by atoms with Crippen LogP contribution >= 0.6 is 11.3 Å². The van der Waals surface area contributed by atoms with Crippen LogP contribution in [0.2, 0.25) is 0 Å². The first-order chi connectivity index (χ1) is 13.2. The predicted molar refractivity (Wildman–Crippen MR) is 102 cm³/mol. The molecule has 1 atom stereocenters. The predicted octanol–water partition coefficient (Wildman–Crippen LogP) is 2.05. The number of thiazole rings is 1. The van der Waals surface area contributed by atoms with Gasteiger partial charge in [0.2, 0.25) is 11.8 Å². The summed E-state index contributed by atoms with van der Waals surface area (Å²) in [4.78, 5) is 39.5. The summed E-state index contributed by atoms with van der Waals surface area (Å²) in [6.45, 7) is 1.09. The first-order valence-electron chi connectivity index (χ1n) is 9.49. The SMILES string of the molecule is O=C(NCCc1csc(-c2ncccn2)n1)[C@@H]1CC(=O)N(C2CCCC2)C1. The maximum absolute atomic E-state index is 12.4. The number of carbonyl (C=O) groups excluding carboxylic acids is 2. The van der Waals surface area contributed by atoms with Crippen LogP contribution < -0.4 is 5.32 Å². The second-order valence-electron chi connectivity index (χ2n) is 7.14. The number of nitrogens with zero attached hydrogens (tertiary/aromatic N) is 4. The van der Waals surface area contributed by atoms with Crippen molar-refractivity contribution in [3.8, 4) is 10.8 Å². The number of amides is 2. The Labute approximate surface area is 162 Å². The molecule has 2 aromatic heterocycles. The van der Waals surface area contributed by atoms with E-state index in [1.807, 2.05) is 10.3 Å². The third-order valence-electron chi connectivity index (χ3n) is 5.28. The van der Waals surface area contributed by atoms with E-state index >= 15 is 0 Å². The monoisotopic (exact) mass is 385 g/mol. The van der Waals surface area contributed by atoms with Crippen molar-refractivity contribution in [2.75, 3.05) is 13.1 Å². The van der Waals surface area contributed by atoms with Gasteiger partial charge in [0.25, 0.3) is 0 Å². The fourth-order valence-corrected chi connectivity index (χ4v) is 4.67. The molecule has 2 amide bonds. The zero-order valence-corrected chi connectivity index (χ0v) is 16.0. The van der Waals surface area contributed by atoms with Gasteiger partial charge in [0.1, 0.15) is 0 Å². The second kappa shape index (κ2) is 8.12. The summed E-state index contributed by atoms with van der Waals surface area (Å²) >= 11 is 1.50. The molecule has 1 saturated heterocycles. The molecule has 0 bridgehead atoms. The molecule has 0 radical (unpaired) electrons. The molecule has 0 spiro atoms. The van der Waals surface area contributed by atoms with E-state index < -0.39 is 0 Å². The first kappa shape index (κ1) is 18.0. The summed E-state index contributed by atoms with van der Waals surface area (Å²) in [7, 11) is 0. The summed E-state index contributed by atoms with van der Waals surface area (Å²) in [6.07, 6.45) is 8.93. The van der Waals surface area contributed by atoms with E-state index in [1.165, 1.54) is 24.2 Å². The van der Waals surface area contributed by atoms with E-state index in [1.54, 1.807) is 18.5 Å². The van der Waals surface area contributed by atoms with Gasteiger partial charge in [0.05, 0.1) is 11.6 Å². The minimum Gasteiger partial charge on any atom is -0.355 e. The average molecular weight is 385 g/mol. The van der Waals surface area contributed by atoms with Gasteiger partial charge < -0.3 is 10.2 Å². The molecule has 1 saturated carbocycles. The van der Waals surface area contributed by atoms with Gasteiger partial charge in [-0.3, -0.25) is 9.59 Å². The second-order valence-corrected chi connectivity index (χ2v) is 8.00. The number of likely N-dealkylation sites (tertiary alicyclic amines) is 1. The average Bonchev–Trinajstić information content (AvgIpc) is 3.43. The van der Waals surface area contributed by atoms with E-state index in [-0.39, 0.29) is 17.7 Å². The highest BCUT2D eigenvalue weighted by molar-refractivity contribution is 7.13. The Bertz CT molecular complexity index is 803. The van der Waals surface area contributed by atoms with Crippen molar-refractivity contribution in [2.45, 2.75) is 44.6 Å². The van der Waals surface area contributed by atoms with Crippen molar-refractivity contribution in [3.05, 3.63) is 29.5 Å². The Balaban J connectivity index is 1.25. The van der Waals surface area contributed by atoms with Crippen LogP contribution in [-0.2, 0) is 16.0 Å². The number of rotatable bonds is 6. The highest BCUT2D eigenvalue weighted by Crippen LogP contribution is 2.29.